The van der Waals surface area contributed by atoms with Crippen molar-refractivity contribution in [3.8, 4) is 0 Å². The first-order valence-electron chi connectivity index (χ1n) is 4.47. The molecule has 74 valence electrons. The van der Waals surface area contributed by atoms with E-state index in [1.165, 1.54) is 0 Å². The van der Waals surface area contributed by atoms with Crippen LogP contribution in [0.4, 0.5) is 0 Å². The van der Waals surface area contributed by atoms with E-state index < -0.39 is 5.60 Å². The Kier molecular flexibility index (Phi) is 2.07. The smallest absolute Gasteiger partial charge is 0.340 e. The van der Waals surface area contributed by atoms with Crippen LogP contribution < -0.4 is 0 Å². The molecule has 0 radical (unpaired) electrons. The maximum absolute atomic E-state index is 11.6. The molecule has 0 saturated heterocycles. The lowest BCUT2D eigenvalue weighted by Crippen LogP contribution is -2.15. The average Bonchev–Trinajstić information content (AvgIpc) is 2.38. The molecule has 0 saturated carbocycles. The van der Waals surface area contributed by atoms with E-state index in [2.05, 4.69) is 0 Å². The van der Waals surface area contributed by atoms with Gasteiger partial charge in [-0.3, -0.25) is 0 Å². The van der Waals surface area contributed by atoms with Gasteiger partial charge in [0.1, 0.15) is 5.60 Å². The molecule has 3 heteroatoms. The first-order valence-corrected chi connectivity index (χ1v) is 5.69. The topological polar surface area (TPSA) is 26.3 Å². The molecule has 1 aliphatic rings. The summed E-state index contributed by atoms with van der Waals surface area (Å²) in [6.07, 6.45) is 1.97. The molecule has 0 N–H and O–H groups in total. The number of esters is 1. The lowest BCUT2D eigenvalue weighted by Gasteiger charge is -2.17. The molecule has 0 aromatic heterocycles. The minimum atomic E-state index is -0.474. The van der Waals surface area contributed by atoms with Gasteiger partial charge in [0, 0.05) is 10.5 Å². The average molecular weight is 208 g/mol. The van der Waals surface area contributed by atoms with Gasteiger partial charge in [-0.25, -0.2) is 4.79 Å². The van der Waals surface area contributed by atoms with Gasteiger partial charge in [-0.1, -0.05) is 12.1 Å². The van der Waals surface area contributed by atoms with Crippen molar-refractivity contribution in [2.45, 2.75) is 24.3 Å². The Bertz CT molecular complexity index is 396. The number of fused-ring (bicyclic) bond motifs is 1. The number of benzene rings is 1. The van der Waals surface area contributed by atoms with Crippen LogP contribution in [-0.2, 0) is 10.3 Å². The number of ether oxygens (including phenoxy) is 1. The van der Waals surface area contributed by atoms with Crippen LogP contribution in [0.3, 0.4) is 0 Å². The van der Waals surface area contributed by atoms with E-state index in [9.17, 15) is 4.79 Å². The predicted octanol–water partition coefficient (Wildman–Crippen LogP) is 2.81. The number of hydrogen-bond donors (Lipinski definition) is 0. The van der Waals surface area contributed by atoms with Gasteiger partial charge in [-0.05, 0) is 26.2 Å². The highest BCUT2D eigenvalue weighted by molar-refractivity contribution is 7.98. The Morgan fingerprint density at radius 3 is 2.71 bits per heavy atom. The normalized spacial score (nSPS) is 17.8. The van der Waals surface area contributed by atoms with Crippen molar-refractivity contribution in [1.82, 2.24) is 0 Å². The van der Waals surface area contributed by atoms with Gasteiger partial charge in [0.2, 0.25) is 0 Å². The van der Waals surface area contributed by atoms with Crippen molar-refractivity contribution in [3.05, 3.63) is 29.3 Å². The summed E-state index contributed by atoms with van der Waals surface area (Å²) < 4.78 is 5.31. The monoisotopic (exact) mass is 208 g/mol. The molecule has 0 fully saturated rings. The Balaban J connectivity index is 2.67. The first kappa shape index (κ1) is 9.59. The fourth-order valence-corrected chi connectivity index (χ4v) is 2.36. The minimum absolute atomic E-state index is 0.199. The largest absolute Gasteiger partial charge is 0.451 e. The summed E-state index contributed by atoms with van der Waals surface area (Å²) in [5.41, 5.74) is 1.26. The third-order valence-corrected chi connectivity index (χ3v) is 3.23. The van der Waals surface area contributed by atoms with Crippen LogP contribution in [0.5, 0.6) is 0 Å². The Labute approximate surface area is 87.6 Å². The second-order valence-electron chi connectivity index (χ2n) is 3.78. The van der Waals surface area contributed by atoms with Crippen LogP contribution >= 0.6 is 11.8 Å². The summed E-state index contributed by atoms with van der Waals surface area (Å²) in [5.74, 6) is -0.199. The molecular formula is C11H12O2S. The quantitative estimate of drug-likeness (QED) is 0.524. The SMILES string of the molecule is CSc1cccc2c1C(=O)OC2(C)C. The number of rotatable bonds is 1. The lowest BCUT2D eigenvalue weighted by atomic mass is 9.96. The molecule has 0 atom stereocenters. The predicted molar refractivity (Wildman–Crippen MR) is 56.7 cm³/mol. The zero-order valence-electron chi connectivity index (χ0n) is 8.46. The van der Waals surface area contributed by atoms with E-state index in [0.717, 1.165) is 16.0 Å². The number of carbonyl (C=O) groups is 1. The second kappa shape index (κ2) is 3.02. The molecule has 2 nitrogen and oxygen atoms in total. The zero-order valence-corrected chi connectivity index (χ0v) is 9.27. The summed E-state index contributed by atoms with van der Waals surface area (Å²) in [6.45, 7) is 3.84. The third-order valence-electron chi connectivity index (χ3n) is 2.45. The molecule has 1 aromatic carbocycles. The molecule has 1 aromatic rings. The maximum atomic E-state index is 11.6. The fraction of sp³-hybridized carbons (Fsp3) is 0.364. The van der Waals surface area contributed by atoms with E-state index in [1.807, 2.05) is 38.3 Å². The van der Waals surface area contributed by atoms with Crippen molar-refractivity contribution in [1.29, 1.82) is 0 Å². The summed E-state index contributed by atoms with van der Waals surface area (Å²) >= 11 is 1.58. The molecule has 1 aliphatic heterocycles. The van der Waals surface area contributed by atoms with Gasteiger partial charge in [0.25, 0.3) is 0 Å². The summed E-state index contributed by atoms with van der Waals surface area (Å²) in [6, 6.07) is 5.88. The highest BCUT2D eigenvalue weighted by Crippen LogP contribution is 2.39. The van der Waals surface area contributed by atoms with E-state index in [-0.39, 0.29) is 5.97 Å². The molecule has 0 spiro atoms. The molecular weight excluding hydrogens is 196 g/mol. The van der Waals surface area contributed by atoms with Crippen molar-refractivity contribution in [2.24, 2.45) is 0 Å². The van der Waals surface area contributed by atoms with Gasteiger partial charge in [0.15, 0.2) is 0 Å². The van der Waals surface area contributed by atoms with Crippen molar-refractivity contribution in [2.75, 3.05) is 6.26 Å². The Morgan fingerprint density at radius 2 is 2.07 bits per heavy atom. The standard InChI is InChI=1S/C11H12O2S/c1-11(2)7-5-4-6-8(14-3)9(7)10(12)13-11/h4-6H,1-3H3. The number of cyclic esters (lactones) is 1. The van der Waals surface area contributed by atoms with Gasteiger partial charge in [0.05, 0.1) is 5.56 Å². The van der Waals surface area contributed by atoms with E-state index in [4.69, 9.17) is 4.74 Å². The number of hydrogen-bond acceptors (Lipinski definition) is 3. The summed E-state index contributed by atoms with van der Waals surface area (Å²) in [4.78, 5) is 12.6. The molecule has 0 bridgehead atoms. The van der Waals surface area contributed by atoms with Crippen molar-refractivity contribution < 1.29 is 9.53 Å². The van der Waals surface area contributed by atoms with Gasteiger partial charge >= 0.3 is 5.97 Å². The number of thioether (sulfide) groups is 1. The molecule has 2 rings (SSSR count). The highest BCUT2D eigenvalue weighted by Gasteiger charge is 2.38. The lowest BCUT2D eigenvalue weighted by molar-refractivity contribution is 0.00942. The van der Waals surface area contributed by atoms with Crippen LogP contribution in [0.2, 0.25) is 0 Å². The molecule has 0 aliphatic carbocycles. The fourth-order valence-electron chi connectivity index (χ4n) is 1.75. The van der Waals surface area contributed by atoms with Crippen LogP contribution in [0, 0.1) is 0 Å². The second-order valence-corrected chi connectivity index (χ2v) is 4.63. The maximum Gasteiger partial charge on any atom is 0.340 e. The van der Waals surface area contributed by atoms with Gasteiger partial charge in [-0.15, -0.1) is 11.8 Å². The summed E-state index contributed by atoms with van der Waals surface area (Å²) in [7, 11) is 0. The zero-order chi connectivity index (χ0) is 10.3. The molecule has 0 amide bonds. The third kappa shape index (κ3) is 1.23. The van der Waals surface area contributed by atoms with E-state index in [1.54, 1.807) is 11.8 Å². The van der Waals surface area contributed by atoms with E-state index >= 15 is 0 Å². The van der Waals surface area contributed by atoms with Crippen LogP contribution in [0.15, 0.2) is 23.1 Å². The van der Waals surface area contributed by atoms with Crippen LogP contribution in [0.1, 0.15) is 29.8 Å². The van der Waals surface area contributed by atoms with Gasteiger partial charge < -0.3 is 4.74 Å². The number of carbonyl (C=O) groups excluding carboxylic acids is 1. The molecule has 1 heterocycles. The summed E-state index contributed by atoms with van der Waals surface area (Å²) in [5, 5.41) is 0. The Morgan fingerprint density at radius 1 is 1.36 bits per heavy atom. The van der Waals surface area contributed by atoms with Crippen molar-refractivity contribution >= 4 is 17.7 Å². The molecule has 14 heavy (non-hydrogen) atoms. The first-order chi connectivity index (χ1) is 6.56. The van der Waals surface area contributed by atoms with E-state index in [0.29, 0.717) is 0 Å². The Hall–Kier alpha value is -0.960. The van der Waals surface area contributed by atoms with Crippen LogP contribution in [0.25, 0.3) is 0 Å². The minimum Gasteiger partial charge on any atom is -0.451 e. The molecule has 0 unspecified atom stereocenters. The van der Waals surface area contributed by atoms with Crippen LogP contribution in [-0.4, -0.2) is 12.2 Å². The highest BCUT2D eigenvalue weighted by atomic mass is 32.2. The van der Waals surface area contributed by atoms with Gasteiger partial charge in [-0.2, -0.15) is 0 Å². The van der Waals surface area contributed by atoms with Crippen molar-refractivity contribution in [3.63, 3.8) is 0 Å².